The molecule has 2 aromatic rings. The summed E-state index contributed by atoms with van der Waals surface area (Å²) >= 11 is 7.67. The molecule has 3 heteroatoms. The van der Waals surface area contributed by atoms with E-state index < -0.39 is 0 Å². The third-order valence-corrected chi connectivity index (χ3v) is 3.99. The molecule has 1 aliphatic carbocycles. The molecule has 0 saturated carbocycles. The minimum Gasteiger partial charge on any atom is -0.236 e. The number of nitrogens with zero attached hydrogens (tertiary/aromatic N) is 1. The van der Waals surface area contributed by atoms with Gasteiger partial charge in [0.1, 0.15) is 5.01 Å². The van der Waals surface area contributed by atoms with Gasteiger partial charge in [0, 0.05) is 16.0 Å². The fourth-order valence-electron chi connectivity index (χ4n) is 1.96. The molecule has 1 heterocycles. The van der Waals surface area contributed by atoms with Crippen LogP contribution >= 0.6 is 22.9 Å². The molecule has 0 atom stereocenters. The molecule has 1 aliphatic rings. The second kappa shape index (κ2) is 5.09. The summed E-state index contributed by atoms with van der Waals surface area (Å²) in [6.45, 7) is 0. The van der Waals surface area contributed by atoms with Gasteiger partial charge >= 0.3 is 0 Å². The quantitative estimate of drug-likeness (QED) is 0.733. The maximum Gasteiger partial charge on any atom is 0.124 e. The Labute approximate surface area is 115 Å². The fourth-order valence-corrected chi connectivity index (χ4v) is 2.98. The lowest BCUT2D eigenvalue weighted by Crippen LogP contribution is -1.86. The third kappa shape index (κ3) is 2.40. The number of allylic oxidation sites excluding steroid dienone is 4. The third-order valence-electron chi connectivity index (χ3n) is 2.87. The van der Waals surface area contributed by atoms with E-state index >= 15 is 0 Å². The summed E-state index contributed by atoms with van der Waals surface area (Å²) in [7, 11) is 0. The molecule has 0 aliphatic heterocycles. The van der Waals surface area contributed by atoms with Crippen molar-refractivity contribution in [2.75, 3.05) is 0 Å². The summed E-state index contributed by atoms with van der Waals surface area (Å²) in [6.07, 6.45) is 8.84. The minimum atomic E-state index is 0.751. The first-order chi connectivity index (χ1) is 8.83. The lowest BCUT2D eigenvalue weighted by Gasteiger charge is -2.02. The molecule has 1 nitrogen and oxygen atoms in total. The van der Waals surface area contributed by atoms with Crippen molar-refractivity contribution in [2.45, 2.75) is 12.8 Å². The Kier molecular flexibility index (Phi) is 3.31. The van der Waals surface area contributed by atoms with Crippen molar-refractivity contribution in [1.29, 1.82) is 0 Å². The van der Waals surface area contributed by atoms with Crippen molar-refractivity contribution in [3.05, 3.63) is 58.6 Å². The Balaban J connectivity index is 1.94. The highest BCUT2D eigenvalue weighted by Crippen LogP contribution is 2.29. The molecule has 0 radical (unpaired) electrons. The highest BCUT2D eigenvalue weighted by molar-refractivity contribution is 7.13. The molecule has 0 saturated heterocycles. The predicted molar refractivity (Wildman–Crippen MR) is 78.9 cm³/mol. The van der Waals surface area contributed by atoms with Gasteiger partial charge in [-0.25, -0.2) is 4.98 Å². The maximum absolute atomic E-state index is 6.00. The molecule has 0 unspecified atom stereocenters. The Morgan fingerprint density at radius 1 is 1.22 bits per heavy atom. The molecular formula is C15H12ClNS. The van der Waals surface area contributed by atoms with E-state index in [0.29, 0.717) is 0 Å². The number of hydrogen-bond donors (Lipinski definition) is 0. The van der Waals surface area contributed by atoms with E-state index in [0.717, 1.165) is 34.1 Å². The maximum atomic E-state index is 6.00. The normalized spacial score (nSPS) is 14.6. The highest BCUT2D eigenvalue weighted by atomic mass is 35.5. The first-order valence-corrected chi connectivity index (χ1v) is 7.17. The molecule has 0 N–H and O–H groups in total. The van der Waals surface area contributed by atoms with E-state index in [9.17, 15) is 0 Å². The van der Waals surface area contributed by atoms with Crippen LogP contribution in [-0.4, -0.2) is 4.98 Å². The second-order valence-electron chi connectivity index (χ2n) is 4.19. The summed E-state index contributed by atoms with van der Waals surface area (Å²) < 4.78 is 0. The van der Waals surface area contributed by atoms with Crippen LogP contribution in [0.5, 0.6) is 0 Å². The average Bonchev–Trinajstić information content (AvgIpc) is 2.89. The minimum absolute atomic E-state index is 0.751. The molecule has 3 rings (SSSR count). The van der Waals surface area contributed by atoms with Crippen LogP contribution in [0.2, 0.25) is 5.02 Å². The molecule has 1 aromatic carbocycles. The monoisotopic (exact) mass is 273 g/mol. The van der Waals surface area contributed by atoms with Gasteiger partial charge in [-0.05, 0) is 30.5 Å². The zero-order chi connectivity index (χ0) is 12.4. The van der Waals surface area contributed by atoms with E-state index in [2.05, 4.69) is 28.6 Å². The molecule has 0 bridgehead atoms. The van der Waals surface area contributed by atoms with Crippen molar-refractivity contribution in [3.63, 3.8) is 0 Å². The zero-order valence-electron chi connectivity index (χ0n) is 9.77. The van der Waals surface area contributed by atoms with E-state index in [-0.39, 0.29) is 0 Å². The average molecular weight is 274 g/mol. The van der Waals surface area contributed by atoms with Crippen molar-refractivity contribution in [3.8, 4) is 10.6 Å². The van der Waals surface area contributed by atoms with E-state index in [1.165, 1.54) is 5.57 Å². The van der Waals surface area contributed by atoms with E-state index in [1.807, 2.05) is 24.3 Å². The van der Waals surface area contributed by atoms with Gasteiger partial charge < -0.3 is 0 Å². The number of benzene rings is 1. The summed E-state index contributed by atoms with van der Waals surface area (Å²) in [6, 6.07) is 7.83. The Hall–Kier alpha value is -1.38. The lowest BCUT2D eigenvalue weighted by atomic mass is 10.1. The lowest BCUT2D eigenvalue weighted by molar-refractivity contribution is 1.04. The van der Waals surface area contributed by atoms with Crippen LogP contribution < -0.4 is 0 Å². The van der Waals surface area contributed by atoms with Gasteiger partial charge in [0.15, 0.2) is 0 Å². The first-order valence-electron chi connectivity index (χ1n) is 5.91. The highest BCUT2D eigenvalue weighted by Gasteiger charge is 2.08. The van der Waals surface area contributed by atoms with Crippen LogP contribution in [0.1, 0.15) is 18.5 Å². The van der Waals surface area contributed by atoms with Gasteiger partial charge in [0.05, 0.1) is 5.69 Å². The van der Waals surface area contributed by atoms with Crippen LogP contribution in [0.3, 0.4) is 0 Å². The molecular weight excluding hydrogens is 262 g/mol. The van der Waals surface area contributed by atoms with Crippen LogP contribution in [0.4, 0.5) is 0 Å². The summed E-state index contributed by atoms with van der Waals surface area (Å²) in [4.78, 5) is 4.69. The zero-order valence-corrected chi connectivity index (χ0v) is 11.3. The van der Waals surface area contributed by atoms with Crippen molar-refractivity contribution in [2.24, 2.45) is 0 Å². The van der Waals surface area contributed by atoms with Crippen LogP contribution in [0.15, 0.2) is 47.9 Å². The smallest absolute Gasteiger partial charge is 0.124 e. The number of aromatic nitrogens is 1. The molecule has 1 aromatic heterocycles. The first kappa shape index (κ1) is 11.7. The molecule has 0 fully saturated rings. The Morgan fingerprint density at radius 2 is 2.17 bits per heavy atom. The van der Waals surface area contributed by atoms with Gasteiger partial charge in [0.25, 0.3) is 0 Å². The van der Waals surface area contributed by atoms with Gasteiger partial charge in [-0.2, -0.15) is 0 Å². The molecule has 0 amide bonds. The summed E-state index contributed by atoms with van der Waals surface area (Å²) in [5.74, 6) is 0. The fraction of sp³-hybridized carbons (Fsp3) is 0.133. The topological polar surface area (TPSA) is 12.9 Å². The van der Waals surface area contributed by atoms with Crippen molar-refractivity contribution < 1.29 is 0 Å². The van der Waals surface area contributed by atoms with Gasteiger partial charge in [0.2, 0.25) is 0 Å². The van der Waals surface area contributed by atoms with Crippen LogP contribution in [0.25, 0.3) is 16.1 Å². The number of hydrogen-bond acceptors (Lipinski definition) is 2. The second-order valence-corrected chi connectivity index (χ2v) is 5.48. The van der Waals surface area contributed by atoms with E-state index in [4.69, 9.17) is 11.6 Å². The largest absolute Gasteiger partial charge is 0.236 e. The number of rotatable bonds is 2. The molecule has 0 spiro atoms. The van der Waals surface area contributed by atoms with Crippen LogP contribution in [0, 0.1) is 0 Å². The van der Waals surface area contributed by atoms with Gasteiger partial charge in [-0.15, -0.1) is 11.3 Å². The Bertz CT molecular complexity index is 625. The van der Waals surface area contributed by atoms with Gasteiger partial charge in [-0.3, -0.25) is 0 Å². The number of halogens is 1. The van der Waals surface area contributed by atoms with E-state index in [1.54, 1.807) is 11.3 Å². The van der Waals surface area contributed by atoms with Gasteiger partial charge in [-0.1, -0.05) is 42.0 Å². The SMILES string of the molecule is Clc1cccc(-c2nc(C3=CCCC=C3)cs2)c1. The molecule has 18 heavy (non-hydrogen) atoms. The van der Waals surface area contributed by atoms with Crippen molar-refractivity contribution in [1.82, 2.24) is 4.98 Å². The Morgan fingerprint density at radius 3 is 2.94 bits per heavy atom. The summed E-state index contributed by atoms with van der Waals surface area (Å²) in [5, 5.41) is 3.88. The van der Waals surface area contributed by atoms with Crippen LogP contribution in [-0.2, 0) is 0 Å². The summed E-state index contributed by atoms with van der Waals surface area (Å²) in [5.41, 5.74) is 3.37. The van der Waals surface area contributed by atoms with Crippen molar-refractivity contribution >= 4 is 28.5 Å². The molecule has 90 valence electrons. The predicted octanol–water partition coefficient (Wildman–Crippen LogP) is 5.20. The number of thiazole rings is 1. The standard InChI is InChI=1S/C15H12ClNS/c16-13-8-4-7-12(9-13)15-17-14(10-18-15)11-5-2-1-3-6-11/h2,4-10H,1,3H2.